The third kappa shape index (κ3) is 4.94. The molecule has 1 heterocycles. The van der Waals surface area contributed by atoms with Gasteiger partial charge in [-0.15, -0.1) is 0 Å². The van der Waals surface area contributed by atoms with Crippen molar-refractivity contribution >= 4 is 35.0 Å². The third-order valence-corrected chi connectivity index (χ3v) is 6.22. The highest BCUT2D eigenvalue weighted by Gasteiger charge is 2.40. The molecule has 2 amide bonds. The fraction of sp³-hybridized carbons (Fsp3) is 0.0800. The van der Waals surface area contributed by atoms with Crippen LogP contribution in [0.2, 0.25) is 0 Å². The van der Waals surface area contributed by atoms with Gasteiger partial charge in [-0.2, -0.15) is 5.26 Å². The number of benzene rings is 3. The minimum atomic E-state index is -0.706. The molecule has 0 aliphatic carbocycles. The zero-order valence-corrected chi connectivity index (χ0v) is 18.0. The molecule has 1 atom stereocenters. The molecule has 3 aromatic carbocycles. The smallest absolute Gasteiger partial charge is 0.269 e. The molecule has 0 unspecified atom stereocenters. The maximum atomic E-state index is 13.3. The summed E-state index contributed by atoms with van der Waals surface area (Å²) in [6, 6.07) is 21.6. The number of para-hydroxylation sites is 1. The molecule has 1 aliphatic rings. The van der Waals surface area contributed by atoms with E-state index in [9.17, 15) is 23.6 Å². The highest BCUT2D eigenvalue weighted by atomic mass is 32.2. The van der Waals surface area contributed by atoms with Gasteiger partial charge in [0, 0.05) is 11.4 Å². The van der Waals surface area contributed by atoms with Crippen LogP contribution >= 0.6 is 11.8 Å². The number of carbonyl (C=O) groups excluding carboxylic acids is 2. The number of thioether (sulfide) groups is 1. The van der Waals surface area contributed by atoms with Crippen LogP contribution in [0.15, 0.2) is 89.5 Å². The average Bonchev–Trinajstić information content (AvgIpc) is 3.13. The molecular weight excluding hydrogens is 444 g/mol. The van der Waals surface area contributed by atoms with Crippen molar-refractivity contribution in [3.63, 3.8) is 0 Å². The molecule has 33 heavy (non-hydrogen) atoms. The molecule has 0 bridgehead atoms. The van der Waals surface area contributed by atoms with Gasteiger partial charge in [0.15, 0.2) is 0 Å². The molecule has 0 spiro atoms. The maximum absolute atomic E-state index is 13.3. The maximum Gasteiger partial charge on any atom is 0.269 e. The van der Waals surface area contributed by atoms with E-state index >= 15 is 0 Å². The Balaban J connectivity index is 1.70. The quantitative estimate of drug-likeness (QED) is 0.427. The molecular formula is C25H17F2N3O2S. The molecule has 3 aromatic rings. The number of hydrogen-bond donors (Lipinski definition) is 1. The molecule has 164 valence electrons. The van der Waals surface area contributed by atoms with Gasteiger partial charge >= 0.3 is 0 Å². The lowest BCUT2D eigenvalue weighted by Gasteiger charge is -2.18. The predicted octanol–water partition coefficient (Wildman–Crippen LogP) is 5.03. The first-order valence-corrected chi connectivity index (χ1v) is 10.9. The van der Waals surface area contributed by atoms with Gasteiger partial charge in [0.1, 0.15) is 28.3 Å². The molecule has 0 saturated carbocycles. The number of nitrogens with zero attached hydrogens (tertiary/aromatic N) is 2. The van der Waals surface area contributed by atoms with Crippen LogP contribution in [0.25, 0.3) is 0 Å². The van der Waals surface area contributed by atoms with Crippen LogP contribution in [-0.2, 0) is 16.0 Å². The van der Waals surface area contributed by atoms with Gasteiger partial charge in [-0.05, 0) is 60.5 Å². The zero-order valence-electron chi connectivity index (χ0n) is 17.2. The first kappa shape index (κ1) is 22.2. The Morgan fingerprint density at radius 2 is 1.58 bits per heavy atom. The number of carbonyl (C=O) groups is 2. The van der Waals surface area contributed by atoms with Crippen molar-refractivity contribution in [2.45, 2.75) is 11.7 Å². The topological polar surface area (TPSA) is 73.2 Å². The standard InChI is InChI=1S/C25H17F2N3O2S/c26-17-8-6-16(7-9-17)14-22-24(32)30(20-4-2-1-3-5-20)25(33-22)21(15-28)23(31)29-19-12-10-18(27)11-13-19/h1-13,22H,14H2,(H,29,31)/b25-21-/t22-/m0/s1. The summed E-state index contributed by atoms with van der Waals surface area (Å²) in [6.45, 7) is 0. The first-order valence-electron chi connectivity index (χ1n) is 9.97. The number of amides is 2. The largest absolute Gasteiger partial charge is 0.321 e. The summed E-state index contributed by atoms with van der Waals surface area (Å²) < 4.78 is 26.5. The van der Waals surface area contributed by atoms with Gasteiger partial charge < -0.3 is 5.32 Å². The number of hydrogen-bond acceptors (Lipinski definition) is 4. The summed E-state index contributed by atoms with van der Waals surface area (Å²) in [5.41, 5.74) is 1.36. The molecule has 4 rings (SSSR count). The van der Waals surface area contributed by atoms with Crippen molar-refractivity contribution in [3.05, 3.63) is 107 Å². The fourth-order valence-electron chi connectivity index (χ4n) is 3.36. The van der Waals surface area contributed by atoms with E-state index in [1.165, 1.54) is 41.3 Å². The van der Waals surface area contributed by atoms with Crippen molar-refractivity contribution in [3.8, 4) is 6.07 Å². The average molecular weight is 461 g/mol. The Morgan fingerprint density at radius 3 is 2.18 bits per heavy atom. The molecule has 1 fully saturated rings. The molecule has 8 heteroatoms. The van der Waals surface area contributed by atoms with Crippen LogP contribution in [0.4, 0.5) is 20.2 Å². The van der Waals surface area contributed by atoms with E-state index in [1.54, 1.807) is 42.5 Å². The lowest BCUT2D eigenvalue weighted by Crippen LogP contribution is -2.30. The number of rotatable bonds is 5. The van der Waals surface area contributed by atoms with E-state index in [0.717, 1.165) is 17.3 Å². The summed E-state index contributed by atoms with van der Waals surface area (Å²) in [5, 5.41) is 12.0. The third-order valence-electron chi connectivity index (χ3n) is 4.96. The summed E-state index contributed by atoms with van der Waals surface area (Å²) in [6.07, 6.45) is 0.300. The lowest BCUT2D eigenvalue weighted by molar-refractivity contribution is -0.117. The summed E-state index contributed by atoms with van der Waals surface area (Å²) in [5.74, 6) is -1.82. The molecule has 0 radical (unpaired) electrons. The van der Waals surface area contributed by atoms with Gasteiger partial charge in [-0.3, -0.25) is 14.5 Å². The van der Waals surface area contributed by atoms with E-state index in [1.807, 2.05) is 6.07 Å². The molecule has 1 N–H and O–H groups in total. The van der Waals surface area contributed by atoms with Crippen molar-refractivity contribution in [2.75, 3.05) is 10.2 Å². The Hall–Kier alpha value is -3.96. The first-order chi connectivity index (χ1) is 16.0. The van der Waals surface area contributed by atoms with Gasteiger partial charge in [0.25, 0.3) is 5.91 Å². The SMILES string of the molecule is N#C/C(C(=O)Nc1ccc(F)cc1)=C1/S[C@@H](Cc2ccc(F)cc2)C(=O)N1c1ccccc1. The Kier molecular flexibility index (Phi) is 6.52. The molecule has 5 nitrogen and oxygen atoms in total. The fourth-order valence-corrected chi connectivity index (χ4v) is 4.67. The second-order valence-electron chi connectivity index (χ2n) is 7.20. The summed E-state index contributed by atoms with van der Waals surface area (Å²) in [7, 11) is 0. The van der Waals surface area contributed by atoms with Crippen molar-refractivity contribution in [2.24, 2.45) is 0 Å². The molecule has 0 aromatic heterocycles. The second kappa shape index (κ2) is 9.67. The number of halogens is 2. The van der Waals surface area contributed by atoms with Crippen LogP contribution in [0.1, 0.15) is 5.56 Å². The van der Waals surface area contributed by atoms with Crippen molar-refractivity contribution < 1.29 is 18.4 Å². The van der Waals surface area contributed by atoms with Gasteiger partial charge in [-0.1, -0.05) is 42.1 Å². The number of anilines is 2. The van der Waals surface area contributed by atoms with Crippen LogP contribution in [-0.4, -0.2) is 17.1 Å². The van der Waals surface area contributed by atoms with Crippen molar-refractivity contribution in [1.82, 2.24) is 0 Å². The molecule has 1 aliphatic heterocycles. The Labute approximate surface area is 193 Å². The predicted molar refractivity (Wildman–Crippen MR) is 123 cm³/mol. The van der Waals surface area contributed by atoms with Crippen molar-refractivity contribution in [1.29, 1.82) is 5.26 Å². The van der Waals surface area contributed by atoms with E-state index in [2.05, 4.69) is 5.32 Å². The summed E-state index contributed by atoms with van der Waals surface area (Å²) in [4.78, 5) is 27.6. The highest BCUT2D eigenvalue weighted by molar-refractivity contribution is 8.05. The number of nitrogens with one attached hydrogen (secondary N) is 1. The van der Waals surface area contributed by atoms with Crippen LogP contribution in [0.5, 0.6) is 0 Å². The summed E-state index contributed by atoms with van der Waals surface area (Å²) >= 11 is 1.11. The normalized spacial score (nSPS) is 16.9. The Morgan fingerprint density at radius 1 is 0.970 bits per heavy atom. The Bertz CT molecular complexity index is 1250. The van der Waals surface area contributed by atoms with E-state index in [-0.39, 0.29) is 22.3 Å². The van der Waals surface area contributed by atoms with Crippen LogP contribution in [0, 0.1) is 23.0 Å². The zero-order chi connectivity index (χ0) is 23.4. The second-order valence-corrected chi connectivity index (χ2v) is 8.39. The minimum absolute atomic E-state index is 0.209. The minimum Gasteiger partial charge on any atom is -0.321 e. The van der Waals surface area contributed by atoms with E-state index in [0.29, 0.717) is 17.8 Å². The highest BCUT2D eigenvalue weighted by Crippen LogP contribution is 2.42. The van der Waals surface area contributed by atoms with E-state index in [4.69, 9.17) is 0 Å². The van der Waals surface area contributed by atoms with Gasteiger partial charge in [0.2, 0.25) is 5.91 Å². The van der Waals surface area contributed by atoms with Gasteiger partial charge in [-0.25, -0.2) is 8.78 Å². The number of nitriles is 1. The van der Waals surface area contributed by atoms with Crippen LogP contribution < -0.4 is 10.2 Å². The van der Waals surface area contributed by atoms with E-state index < -0.39 is 17.0 Å². The van der Waals surface area contributed by atoms with Crippen LogP contribution in [0.3, 0.4) is 0 Å². The monoisotopic (exact) mass is 461 g/mol. The van der Waals surface area contributed by atoms with Gasteiger partial charge in [0.05, 0.1) is 5.25 Å². The lowest BCUT2D eigenvalue weighted by atomic mass is 10.1. The molecule has 1 saturated heterocycles.